The van der Waals surface area contributed by atoms with Gasteiger partial charge in [-0.15, -0.1) is 24.0 Å². The van der Waals surface area contributed by atoms with Gasteiger partial charge in [0.2, 0.25) is 0 Å². The topological polar surface area (TPSA) is 98.6 Å². The van der Waals surface area contributed by atoms with Crippen LogP contribution in [0.3, 0.4) is 0 Å². The molecule has 0 saturated heterocycles. The number of pyridine rings is 1. The number of aliphatic hydroxyl groups excluding tert-OH is 1. The van der Waals surface area contributed by atoms with Gasteiger partial charge in [-0.3, -0.25) is 14.8 Å². The fourth-order valence-electron chi connectivity index (χ4n) is 2.67. The summed E-state index contributed by atoms with van der Waals surface area (Å²) in [6.07, 6.45) is 6.58. The molecule has 1 aromatic heterocycles. The fourth-order valence-corrected chi connectivity index (χ4v) is 2.67. The molecule has 8 heteroatoms. The zero-order valence-corrected chi connectivity index (χ0v) is 16.9. The van der Waals surface area contributed by atoms with Gasteiger partial charge in [0.15, 0.2) is 5.96 Å². The molecule has 140 valence electrons. The highest BCUT2D eigenvalue weighted by atomic mass is 127. The van der Waals surface area contributed by atoms with Gasteiger partial charge in [0.1, 0.15) is 0 Å². The molecule has 1 aromatic rings. The smallest absolute Gasteiger partial charge is 0.252 e. The number of hydrogen-bond donors (Lipinski definition) is 4. The molecule has 1 amide bonds. The molecule has 4 N–H and O–H groups in total. The Kier molecular flexibility index (Phi) is 10.4. The Hall–Kier alpha value is -1.42. The molecule has 1 fully saturated rings. The van der Waals surface area contributed by atoms with Crippen LogP contribution in [-0.4, -0.2) is 53.7 Å². The van der Waals surface area contributed by atoms with Crippen LogP contribution in [0.2, 0.25) is 0 Å². The molecule has 0 bridgehead atoms. The summed E-state index contributed by atoms with van der Waals surface area (Å²) in [6, 6.07) is 3.81. The average Bonchev–Trinajstić information content (AvgIpc) is 2.61. The van der Waals surface area contributed by atoms with E-state index in [0.29, 0.717) is 24.7 Å². The molecular formula is C17H28IN5O2. The monoisotopic (exact) mass is 461 g/mol. The summed E-state index contributed by atoms with van der Waals surface area (Å²) in [7, 11) is 0. The zero-order chi connectivity index (χ0) is 17.2. The van der Waals surface area contributed by atoms with Gasteiger partial charge in [-0.25, -0.2) is 0 Å². The Morgan fingerprint density at radius 1 is 1.32 bits per heavy atom. The van der Waals surface area contributed by atoms with Crippen molar-refractivity contribution in [3.05, 3.63) is 30.1 Å². The Morgan fingerprint density at radius 2 is 2.08 bits per heavy atom. The van der Waals surface area contributed by atoms with E-state index in [4.69, 9.17) is 0 Å². The standard InChI is InChI=1S/C17H27N5O2.HI/c1-2-19-17(22-14-5-7-15(23)8-6-14)21-11-10-20-16(24)13-4-3-9-18-12-13;/h3-4,9,12,14-15,23H,2,5-8,10-11H2,1H3,(H,20,24)(H2,19,21,22);1H. The summed E-state index contributed by atoms with van der Waals surface area (Å²) in [4.78, 5) is 20.3. The number of carbonyl (C=O) groups excluding carboxylic acids is 1. The number of nitrogens with zero attached hydrogens (tertiary/aromatic N) is 2. The van der Waals surface area contributed by atoms with Crippen molar-refractivity contribution in [2.24, 2.45) is 4.99 Å². The van der Waals surface area contributed by atoms with E-state index in [2.05, 4.69) is 25.9 Å². The number of carbonyl (C=O) groups is 1. The van der Waals surface area contributed by atoms with Crippen molar-refractivity contribution in [3.8, 4) is 0 Å². The van der Waals surface area contributed by atoms with Crippen LogP contribution >= 0.6 is 24.0 Å². The fraction of sp³-hybridized carbons (Fsp3) is 0.588. The molecule has 0 aliphatic heterocycles. The van der Waals surface area contributed by atoms with Gasteiger partial charge in [-0.05, 0) is 44.7 Å². The Morgan fingerprint density at radius 3 is 2.72 bits per heavy atom. The van der Waals surface area contributed by atoms with Gasteiger partial charge in [0.25, 0.3) is 5.91 Å². The maximum atomic E-state index is 11.9. The minimum atomic E-state index is -0.162. The number of guanidine groups is 1. The lowest BCUT2D eigenvalue weighted by atomic mass is 9.93. The predicted molar refractivity (Wildman–Crippen MR) is 109 cm³/mol. The van der Waals surface area contributed by atoms with Gasteiger partial charge in [-0.2, -0.15) is 0 Å². The Bertz CT molecular complexity index is 533. The Balaban J connectivity index is 0.00000312. The minimum Gasteiger partial charge on any atom is -0.393 e. The van der Waals surface area contributed by atoms with E-state index >= 15 is 0 Å². The molecule has 1 aliphatic carbocycles. The van der Waals surface area contributed by atoms with Gasteiger partial charge >= 0.3 is 0 Å². The summed E-state index contributed by atoms with van der Waals surface area (Å²) in [5.74, 6) is 0.618. The van der Waals surface area contributed by atoms with E-state index in [9.17, 15) is 9.90 Å². The van der Waals surface area contributed by atoms with Crippen molar-refractivity contribution in [2.75, 3.05) is 19.6 Å². The maximum absolute atomic E-state index is 11.9. The van der Waals surface area contributed by atoms with Crippen LogP contribution < -0.4 is 16.0 Å². The summed E-state index contributed by atoms with van der Waals surface area (Å²) in [6.45, 7) is 3.76. The van der Waals surface area contributed by atoms with Crippen LogP contribution in [-0.2, 0) is 0 Å². The molecule has 0 spiro atoms. The van der Waals surface area contributed by atoms with Gasteiger partial charge < -0.3 is 21.1 Å². The van der Waals surface area contributed by atoms with Crippen LogP contribution in [0.1, 0.15) is 43.0 Å². The largest absolute Gasteiger partial charge is 0.393 e. The number of halogens is 1. The minimum absolute atomic E-state index is 0. The first-order chi connectivity index (χ1) is 11.7. The van der Waals surface area contributed by atoms with Gasteiger partial charge in [0.05, 0.1) is 18.2 Å². The third-order valence-electron chi connectivity index (χ3n) is 3.97. The summed E-state index contributed by atoms with van der Waals surface area (Å²) >= 11 is 0. The van der Waals surface area contributed by atoms with E-state index < -0.39 is 0 Å². The van der Waals surface area contributed by atoms with Gasteiger partial charge in [0, 0.05) is 31.5 Å². The Labute approximate surface area is 166 Å². The summed E-state index contributed by atoms with van der Waals surface area (Å²) in [5.41, 5.74) is 0.548. The molecule has 0 atom stereocenters. The third kappa shape index (κ3) is 8.00. The van der Waals surface area contributed by atoms with Crippen molar-refractivity contribution < 1.29 is 9.90 Å². The van der Waals surface area contributed by atoms with Crippen molar-refractivity contribution >= 4 is 35.8 Å². The quantitative estimate of drug-likeness (QED) is 0.222. The number of aromatic nitrogens is 1. The second-order valence-electron chi connectivity index (χ2n) is 5.91. The van der Waals surface area contributed by atoms with E-state index in [-0.39, 0.29) is 36.0 Å². The number of aliphatic hydroxyl groups is 1. The normalized spacial score (nSPS) is 20.3. The van der Waals surface area contributed by atoms with Crippen molar-refractivity contribution in [3.63, 3.8) is 0 Å². The first kappa shape index (κ1) is 21.6. The number of nitrogens with one attached hydrogen (secondary N) is 3. The summed E-state index contributed by atoms with van der Waals surface area (Å²) in [5, 5.41) is 19.0. The highest BCUT2D eigenvalue weighted by Gasteiger charge is 2.19. The van der Waals surface area contributed by atoms with Crippen LogP contribution in [0.5, 0.6) is 0 Å². The maximum Gasteiger partial charge on any atom is 0.252 e. The SMILES string of the molecule is CCNC(=NCCNC(=O)c1cccnc1)NC1CCC(O)CC1.I. The van der Waals surface area contributed by atoms with Crippen molar-refractivity contribution in [1.82, 2.24) is 20.9 Å². The molecule has 0 unspecified atom stereocenters. The van der Waals surface area contributed by atoms with Gasteiger partial charge in [-0.1, -0.05) is 0 Å². The van der Waals surface area contributed by atoms with E-state index in [1.807, 2.05) is 6.92 Å². The van der Waals surface area contributed by atoms with E-state index in [1.165, 1.54) is 0 Å². The zero-order valence-electron chi connectivity index (χ0n) is 14.6. The molecule has 0 aromatic carbocycles. The second kappa shape index (κ2) is 12.0. The van der Waals surface area contributed by atoms with Crippen LogP contribution in [0, 0.1) is 0 Å². The van der Waals surface area contributed by atoms with Crippen LogP contribution in [0.4, 0.5) is 0 Å². The number of hydrogen-bond acceptors (Lipinski definition) is 4. The molecular weight excluding hydrogens is 433 g/mol. The van der Waals surface area contributed by atoms with Crippen LogP contribution in [0.25, 0.3) is 0 Å². The number of amides is 1. The van der Waals surface area contributed by atoms with E-state index in [1.54, 1.807) is 24.5 Å². The summed E-state index contributed by atoms with van der Waals surface area (Å²) < 4.78 is 0. The number of aliphatic imine (C=N–C) groups is 1. The third-order valence-corrected chi connectivity index (χ3v) is 3.97. The highest BCUT2D eigenvalue weighted by Crippen LogP contribution is 2.18. The lowest BCUT2D eigenvalue weighted by molar-refractivity contribution is 0.0954. The molecule has 1 heterocycles. The predicted octanol–water partition coefficient (Wildman–Crippen LogP) is 1.29. The van der Waals surface area contributed by atoms with Crippen molar-refractivity contribution in [2.45, 2.75) is 44.8 Å². The molecule has 25 heavy (non-hydrogen) atoms. The highest BCUT2D eigenvalue weighted by molar-refractivity contribution is 14.0. The number of rotatable bonds is 6. The lowest BCUT2D eigenvalue weighted by Crippen LogP contribution is -2.45. The van der Waals surface area contributed by atoms with Crippen molar-refractivity contribution in [1.29, 1.82) is 0 Å². The first-order valence-corrected chi connectivity index (χ1v) is 8.60. The molecule has 1 saturated carbocycles. The molecule has 7 nitrogen and oxygen atoms in total. The second-order valence-corrected chi connectivity index (χ2v) is 5.91. The molecule has 2 rings (SSSR count). The van der Waals surface area contributed by atoms with E-state index in [0.717, 1.165) is 38.2 Å². The average molecular weight is 461 g/mol. The lowest BCUT2D eigenvalue weighted by Gasteiger charge is -2.27. The first-order valence-electron chi connectivity index (χ1n) is 8.60. The molecule has 0 radical (unpaired) electrons. The molecule has 1 aliphatic rings. The van der Waals surface area contributed by atoms with Crippen LogP contribution in [0.15, 0.2) is 29.5 Å².